The van der Waals surface area contributed by atoms with Crippen LogP contribution in [-0.2, 0) is 17.9 Å². The molecule has 1 unspecified atom stereocenters. The molecule has 2 aromatic carbocycles. The van der Waals surface area contributed by atoms with E-state index in [9.17, 15) is 4.79 Å². The first-order valence-electron chi connectivity index (χ1n) is 9.78. The number of benzene rings is 2. The van der Waals surface area contributed by atoms with Gasteiger partial charge >= 0.3 is 0 Å². The smallest absolute Gasteiger partial charge is 0.231 e. The Hall–Kier alpha value is -3.81. The molecular formula is C22H21N5O3. The summed E-state index contributed by atoms with van der Waals surface area (Å²) in [7, 11) is 0. The van der Waals surface area contributed by atoms with Gasteiger partial charge in [0.25, 0.3) is 0 Å². The van der Waals surface area contributed by atoms with Crippen molar-refractivity contribution in [3.8, 4) is 11.5 Å². The van der Waals surface area contributed by atoms with Crippen LogP contribution in [0.3, 0.4) is 0 Å². The number of hydrogen-bond donors (Lipinski definition) is 1. The summed E-state index contributed by atoms with van der Waals surface area (Å²) < 4.78 is 14.6. The van der Waals surface area contributed by atoms with E-state index < -0.39 is 0 Å². The molecule has 4 aromatic rings. The van der Waals surface area contributed by atoms with Gasteiger partial charge in [-0.3, -0.25) is 4.79 Å². The molecule has 0 bridgehead atoms. The highest BCUT2D eigenvalue weighted by molar-refractivity contribution is 5.91. The number of amides is 1. The second kappa shape index (κ2) is 7.55. The van der Waals surface area contributed by atoms with Gasteiger partial charge < -0.3 is 19.4 Å². The number of fused-ring (bicyclic) bond motifs is 2. The summed E-state index contributed by atoms with van der Waals surface area (Å²) in [5, 5.41) is 7.34. The minimum Gasteiger partial charge on any atom is -0.454 e. The first-order valence-corrected chi connectivity index (χ1v) is 9.78. The molecule has 30 heavy (non-hydrogen) atoms. The lowest BCUT2D eigenvalue weighted by atomic mass is 10.1. The fraction of sp³-hybridized carbons (Fsp3) is 0.227. The number of imidazole rings is 1. The molecule has 3 heterocycles. The third kappa shape index (κ3) is 3.47. The zero-order valence-corrected chi connectivity index (χ0v) is 16.5. The van der Waals surface area contributed by atoms with Crippen LogP contribution in [0, 0.1) is 5.92 Å². The van der Waals surface area contributed by atoms with Crippen LogP contribution in [0.15, 0.2) is 61.1 Å². The molecule has 8 nitrogen and oxygen atoms in total. The van der Waals surface area contributed by atoms with E-state index in [4.69, 9.17) is 9.47 Å². The molecule has 1 N–H and O–H groups in total. The molecule has 0 spiro atoms. The number of anilines is 1. The van der Waals surface area contributed by atoms with Crippen LogP contribution in [0.25, 0.3) is 11.0 Å². The van der Waals surface area contributed by atoms with Crippen LogP contribution in [0.4, 0.5) is 5.82 Å². The van der Waals surface area contributed by atoms with Gasteiger partial charge in [-0.25, -0.2) is 9.67 Å². The molecule has 0 aliphatic carbocycles. The van der Waals surface area contributed by atoms with Crippen molar-refractivity contribution < 1.29 is 14.3 Å². The Morgan fingerprint density at radius 3 is 2.97 bits per heavy atom. The van der Waals surface area contributed by atoms with Gasteiger partial charge in [0, 0.05) is 12.6 Å². The van der Waals surface area contributed by atoms with Crippen LogP contribution in [-0.4, -0.2) is 32.0 Å². The average Bonchev–Trinajstić information content (AvgIpc) is 3.49. The predicted octanol–water partition coefficient (Wildman–Crippen LogP) is 3.28. The second-order valence-corrected chi connectivity index (χ2v) is 7.34. The summed E-state index contributed by atoms with van der Waals surface area (Å²) in [6.45, 7) is 3.21. The predicted molar refractivity (Wildman–Crippen MR) is 111 cm³/mol. The number of hydrogen-bond acceptors (Lipinski definition) is 5. The standard InChI is InChI=1S/C22H21N5O3/c1-15(11-26-13-23-17-4-2-3-5-18(17)26)22(28)25-21-8-9-24-27(21)12-16-6-7-19-20(10-16)30-14-29-19/h2-10,13,15H,11-12,14H2,1H3,(H,25,28). The van der Waals surface area contributed by atoms with E-state index >= 15 is 0 Å². The first-order chi connectivity index (χ1) is 14.7. The van der Waals surface area contributed by atoms with E-state index in [1.54, 1.807) is 23.3 Å². The Bertz CT molecular complexity index is 1210. The molecule has 1 aliphatic heterocycles. The van der Waals surface area contributed by atoms with E-state index in [2.05, 4.69) is 15.4 Å². The van der Waals surface area contributed by atoms with Gasteiger partial charge in [-0.1, -0.05) is 25.1 Å². The molecule has 0 saturated carbocycles. The van der Waals surface area contributed by atoms with Gasteiger partial charge in [-0.15, -0.1) is 0 Å². The van der Waals surface area contributed by atoms with Crippen molar-refractivity contribution in [2.24, 2.45) is 5.92 Å². The number of nitrogens with zero attached hydrogens (tertiary/aromatic N) is 4. The molecule has 1 amide bonds. The van der Waals surface area contributed by atoms with Gasteiger partial charge in [0.2, 0.25) is 12.7 Å². The van der Waals surface area contributed by atoms with Crippen molar-refractivity contribution in [2.45, 2.75) is 20.0 Å². The number of rotatable bonds is 6. The monoisotopic (exact) mass is 403 g/mol. The Balaban J connectivity index is 1.27. The Morgan fingerprint density at radius 2 is 2.03 bits per heavy atom. The highest BCUT2D eigenvalue weighted by atomic mass is 16.7. The lowest BCUT2D eigenvalue weighted by molar-refractivity contribution is -0.119. The van der Waals surface area contributed by atoms with Crippen LogP contribution in [0.1, 0.15) is 12.5 Å². The van der Waals surface area contributed by atoms with Crippen molar-refractivity contribution in [3.05, 3.63) is 66.6 Å². The van der Waals surface area contributed by atoms with Crippen molar-refractivity contribution in [3.63, 3.8) is 0 Å². The fourth-order valence-electron chi connectivity index (χ4n) is 3.56. The molecule has 1 atom stereocenters. The average molecular weight is 403 g/mol. The number of ether oxygens (including phenoxy) is 2. The largest absolute Gasteiger partial charge is 0.454 e. The number of nitrogens with one attached hydrogen (secondary N) is 1. The maximum Gasteiger partial charge on any atom is 0.231 e. The molecule has 0 saturated heterocycles. The lowest BCUT2D eigenvalue weighted by Crippen LogP contribution is -2.25. The van der Waals surface area contributed by atoms with Gasteiger partial charge in [-0.2, -0.15) is 5.10 Å². The summed E-state index contributed by atoms with van der Waals surface area (Å²) in [5.41, 5.74) is 2.95. The highest BCUT2D eigenvalue weighted by Gasteiger charge is 2.18. The maximum atomic E-state index is 12.8. The summed E-state index contributed by atoms with van der Waals surface area (Å²) in [5.74, 6) is 1.82. The lowest BCUT2D eigenvalue weighted by Gasteiger charge is -2.15. The van der Waals surface area contributed by atoms with Gasteiger partial charge in [-0.05, 0) is 29.8 Å². The molecule has 152 valence electrons. The summed E-state index contributed by atoms with van der Waals surface area (Å²) in [6.07, 6.45) is 3.45. The second-order valence-electron chi connectivity index (χ2n) is 7.34. The minimum absolute atomic E-state index is 0.0692. The highest BCUT2D eigenvalue weighted by Crippen LogP contribution is 2.32. The number of carbonyl (C=O) groups is 1. The zero-order valence-electron chi connectivity index (χ0n) is 16.5. The summed E-state index contributed by atoms with van der Waals surface area (Å²) in [6, 6.07) is 15.5. The number of aromatic nitrogens is 4. The molecule has 0 fully saturated rings. The van der Waals surface area contributed by atoms with Gasteiger partial charge in [0.1, 0.15) is 5.82 Å². The Morgan fingerprint density at radius 1 is 1.17 bits per heavy atom. The van der Waals surface area contributed by atoms with E-state index in [0.29, 0.717) is 18.9 Å². The number of para-hydroxylation sites is 2. The quantitative estimate of drug-likeness (QED) is 0.534. The van der Waals surface area contributed by atoms with E-state index in [1.807, 2.05) is 54.0 Å². The van der Waals surface area contributed by atoms with Crippen LogP contribution < -0.4 is 14.8 Å². The number of carbonyl (C=O) groups excluding carboxylic acids is 1. The third-order valence-corrected chi connectivity index (χ3v) is 5.18. The van der Waals surface area contributed by atoms with Crippen molar-refractivity contribution in [2.75, 3.05) is 12.1 Å². The van der Waals surface area contributed by atoms with Crippen molar-refractivity contribution in [1.82, 2.24) is 19.3 Å². The minimum atomic E-state index is -0.239. The van der Waals surface area contributed by atoms with Crippen LogP contribution in [0.5, 0.6) is 11.5 Å². The van der Waals surface area contributed by atoms with Crippen molar-refractivity contribution >= 4 is 22.8 Å². The summed E-state index contributed by atoms with van der Waals surface area (Å²) >= 11 is 0. The molecular weight excluding hydrogens is 382 g/mol. The van der Waals surface area contributed by atoms with E-state index in [1.165, 1.54) is 0 Å². The molecule has 8 heteroatoms. The third-order valence-electron chi connectivity index (χ3n) is 5.18. The molecule has 5 rings (SSSR count). The van der Waals surface area contributed by atoms with Crippen LogP contribution in [0.2, 0.25) is 0 Å². The molecule has 2 aromatic heterocycles. The maximum absolute atomic E-state index is 12.8. The molecule has 1 aliphatic rings. The van der Waals surface area contributed by atoms with Crippen molar-refractivity contribution in [1.29, 1.82) is 0 Å². The Kier molecular flexibility index (Phi) is 4.59. The first kappa shape index (κ1) is 18.2. The van der Waals surface area contributed by atoms with Gasteiger partial charge in [0.15, 0.2) is 11.5 Å². The zero-order chi connectivity index (χ0) is 20.5. The fourth-order valence-corrected chi connectivity index (χ4v) is 3.56. The Labute approximate surface area is 173 Å². The van der Waals surface area contributed by atoms with E-state index in [-0.39, 0.29) is 18.6 Å². The van der Waals surface area contributed by atoms with Crippen LogP contribution >= 0.6 is 0 Å². The van der Waals surface area contributed by atoms with Gasteiger partial charge in [0.05, 0.1) is 36.0 Å². The van der Waals surface area contributed by atoms with E-state index in [0.717, 1.165) is 28.1 Å². The SMILES string of the molecule is CC(Cn1cnc2ccccc21)C(=O)Nc1ccnn1Cc1ccc2c(c1)OCO2. The molecule has 0 radical (unpaired) electrons. The normalized spacial score (nSPS) is 13.5. The topological polar surface area (TPSA) is 83.2 Å². The summed E-state index contributed by atoms with van der Waals surface area (Å²) in [4.78, 5) is 17.2.